The average Bonchev–Trinajstić information content (AvgIpc) is 3.05. The number of thiazole rings is 1. The zero-order valence-corrected chi connectivity index (χ0v) is 12.5. The van der Waals surface area contributed by atoms with Crippen molar-refractivity contribution in [2.75, 3.05) is 13.2 Å². The van der Waals surface area contributed by atoms with E-state index in [9.17, 15) is 0 Å². The lowest BCUT2D eigenvalue weighted by Gasteiger charge is -2.29. The van der Waals surface area contributed by atoms with E-state index in [0.717, 1.165) is 31.0 Å². The third kappa shape index (κ3) is 2.60. The molecule has 0 bridgehead atoms. The van der Waals surface area contributed by atoms with Gasteiger partial charge in [0.15, 0.2) is 0 Å². The minimum atomic E-state index is -0.170. The number of ether oxygens (including phenoxy) is 1. The van der Waals surface area contributed by atoms with Crippen LogP contribution < -0.4 is 5.32 Å². The normalized spacial score (nSPS) is 20.5. The first-order valence-electron chi connectivity index (χ1n) is 7.09. The molecule has 2 rings (SSSR count). The molecule has 0 aliphatic carbocycles. The van der Waals surface area contributed by atoms with Gasteiger partial charge in [0.25, 0.3) is 0 Å². The molecule has 2 heterocycles. The monoisotopic (exact) mass is 268 g/mol. The molecule has 102 valence electrons. The van der Waals surface area contributed by atoms with Gasteiger partial charge in [0.05, 0.1) is 11.7 Å². The first-order valence-corrected chi connectivity index (χ1v) is 7.97. The van der Waals surface area contributed by atoms with E-state index in [1.165, 1.54) is 18.5 Å². The molecular formula is C14H24N2OS. The Morgan fingerprint density at radius 2 is 2.22 bits per heavy atom. The van der Waals surface area contributed by atoms with Crippen LogP contribution >= 0.6 is 11.3 Å². The summed E-state index contributed by atoms with van der Waals surface area (Å²) in [5.41, 5.74) is 1.04. The molecule has 0 amide bonds. The van der Waals surface area contributed by atoms with E-state index in [0.29, 0.717) is 6.04 Å². The van der Waals surface area contributed by atoms with Crippen LogP contribution in [0.15, 0.2) is 5.38 Å². The second-order valence-corrected chi connectivity index (χ2v) is 5.72. The van der Waals surface area contributed by atoms with Gasteiger partial charge in [0.2, 0.25) is 0 Å². The van der Waals surface area contributed by atoms with Gasteiger partial charge in [-0.1, -0.05) is 13.8 Å². The maximum Gasteiger partial charge on any atom is 0.125 e. The molecule has 1 aromatic heterocycles. The summed E-state index contributed by atoms with van der Waals surface area (Å²) in [5, 5.41) is 6.87. The van der Waals surface area contributed by atoms with Crippen LogP contribution in [0.25, 0.3) is 0 Å². The van der Waals surface area contributed by atoms with Crippen molar-refractivity contribution in [1.29, 1.82) is 0 Å². The van der Waals surface area contributed by atoms with Crippen LogP contribution in [0.4, 0.5) is 0 Å². The van der Waals surface area contributed by atoms with Gasteiger partial charge >= 0.3 is 0 Å². The fourth-order valence-electron chi connectivity index (χ4n) is 2.69. The molecule has 0 radical (unpaired) electrons. The predicted octanol–water partition coefficient (Wildman–Crippen LogP) is 3.62. The molecule has 1 unspecified atom stereocenters. The third-order valence-electron chi connectivity index (χ3n) is 3.89. The third-order valence-corrected chi connectivity index (χ3v) is 4.94. The minimum Gasteiger partial charge on any atom is -0.368 e. The van der Waals surface area contributed by atoms with E-state index >= 15 is 0 Å². The molecule has 1 aliphatic rings. The highest BCUT2D eigenvalue weighted by molar-refractivity contribution is 7.09. The van der Waals surface area contributed by atoms with E-state index in [1.807, 2.05) is 0 Å². The van der Waals surface area contributed by atoms with Crippen molar-refractivity contribution in [2.45, 2.75) is 58.1 Å². The summed E-state index contributed by atoms with van der Waals surface area (Å²) >= 11 is 1.76. The van der Waals surface area contributed by atoms with Crippen LogP contribution in [-0.2, 0) is 10.3 Å². The first kappa shape index (κ1) is 14.0. The lowest BCUT2D eigenvalue weighted by atomic mass is 9.98. The van der Waals surface area contributed by atoms with E-state index in [2.05, 4.69) is 31.5 Å². The van der Waals surface area contributed by atoms with Crippen LogP contribution in [0.5, 0.6) is 0 Å². The molecule has 1 saturated heterocycles. The summed E-state index contributed by atoms with van der Waals surface area (Å²) in [4.78, 5) is 4.86. The van der Waals surface area contributed by atoms with E-state index in [4.69, 9.17) is 9.72 Å². The zero-order chi connectivity index (χ0) is 13.0. The lowest BCUT2D eigenvalue weighted by Crippen LogP contribution is -2.28. The Morgan fingerprint density at radius 3 is 2.78 bits per heavy atom. The van der Waals surface area contributed by atoms with E-state index in [1.54, 1.807) is 11.3 Å². The maximum absolute atomic E-state index is 6.02. The van der Waals surface area contributed by atoms with Gasteiger partial charge in [0.1, 0.15) is 10.6 Å². The summed E-state index contributed by atoms with van der Waals surface area (Å²) in [6, 6.07) is 0.461. The highest BCUT2D eigenvalue weighted by Gasteiger charge is 2.33. The molecule has 1 aromatic rings. The number of nitrogens with zero attached hydrogens (tertiary/aromatic N) is 1. The van der Waals surface area contributed by atoms with Crippen LogP contribution in [0.1, 0.15) is 63.2 Å². The van der Waals surface area contributed by atoms with Crippen LogP contribution in [0, 0.1) is 0 Å². The second-order valence-electron chi connectivity index (χ2n) is 4.86. The first-order chi connectivity index (χ1) is 8.75. The maximum atomic E-state index is 6.02. The highest BCUT2D eigenvalue weighted by Crippen LogP contribution is 2.36. The Morgan fingerprint density at radius 1 is 1.44 bits per heavy atom. The number of nitrogens with one attached hydrogen (secondary N) is 1. The topological polar surface area (TPSA) is 34.1 Å². The van der Waals surface area contributed by atoms with Crippen molar-refractivity contribution in [1.82, 2.24) is 10.3 Å². The Hall–Kier alpha value is -0.450. The summed E-state index contributed by atoms with van der Waals surface area (Å²) in [6.07, 6.45) is 4.45. The molecule has 18 heavy (non-hydrogen) atoms. The van der Waals surface area contributed by atoms with Gasteiger partial charge in [-0.15, -0.1) is 11.3 Å². The fourth-order valence-corrected chi connectivity index (χ4v) is 3.86. The number of aromatic nitrogens is 1. The molecule has 0 saturated carbocycles. The van der Waals surface area contributed by atoms with Crippen LogP contribution in [0.3, 0.4) is 0 Å². The molecule has 1 aliphatic heterocycles. The quantitative estimate of drug-likeness (QED) is 0.855. The molecular weight excluding hydrogens is 244 g/mol. The van der Waals surface area contributed by atoms with Gasteiger partial charge < -0.3 is 10.1 Å². The van der Waals surface area contributed by atoms with Gasteiger partial charge in [-0.05, 0) is 39.2 Å². The molecule has 0 spiro atoms. The number of rotatable bonds is 6. The number of hydrogen-bond acceptors (Lipinski definition) is 4. The lowest BCUT2D eigenvalue weighted by molar-refractivity contribution is -0.0507. The number of hydrogen-bond donors (Lipinski definition) is 1. The fraction of sp³-hybridized carbons (Fsp3) is 0.786. The van der Waals surface area contributed by atoms with Crippen molar-refractivity contribution >= 4 is 11.3 Å². The van der Waals surface area contributed by atoms with Crippen molar-refractivity contribution in [3.63, 3.8) is 0 Å². The smallest absolute Gasteiger partial charge is 0.125 e. The van der Waals surface area contributed by atoms with Crippen LogP contribution in [-0.4, -0.2) is 18.1 Å². The SMILES string of the molecule is CCOC(CC)(CC)c1nc(C2CCCN2)cs1. The molecule has 3 nitrogen and oxygen atoms in total. The minimum absolute atomic E-state index is 0.170. The largest absolute Gasteiger partial charge is 0.368 e. The summed E-state index contributed by atoms with van der Waals surface area (Å²) in [6.45, 7) is 8.31. The van der Waals surface area contributed by atoms with Crippen LogP contribution in [0.2, 0.25) is 0 Å². The van der Waals surface area contributed by atoms with Crippen molar-refractivity contribution in [2.24, 2.45) is 0 Å². The van der Waals surface area contributed by atoms with Gasteiger partial charge in [-0.3, -0.25) is 0 Å². The van der Waals surface area contributed by atoms with Gasteiger partial charge in [-0.25, -0.2) is 4.98 Å². The summed E-state index contributed by atoms with van der Waals surface area (Å²) in [5.74, 6) is 0. The molecule has 4 heteroatoms. The summed E-state index contributed by atoms with van der Waals surface area (Å²) in [7, 11) is 0. The summed E-state index contributed by atoms with van der Waals surface area (Å²) < 4.78 is 6.02. The average molecular weight is 268 g/mol. The zero-order valence-electron chi connectivity index (χ0n) is 11.7. The Balaban J connectivity index is 2.20. The van der Waals surface area contributed by atoms with Gasteiger partial charge in [-0.2, -0.15) is 0 Å². The van der Waals surface area contributed by atoms with Gasteiger partial charge in [0, 0.05) is 12.0 Å². The van der Waals surface area contributed by atoms with E-state index in [-0.39, 0.29) is 5.60 Å². The van der Waals surface area contributed by atoms with Crippen molar-refractivity contribution in [3.8, 4) is 0 Å². The Kier molecular flexibility index (Phi) is 4.76. The molecule has 1 N–H and O–H groups in total. The highest BCUT2D eigenvalue weighted by atomic mass is 32.1. The Labute approximate surface area is 114 Å². The van der Waals surface area contributed by atoms with Crippen molar-refractivity contribution in [3.05, 3.63) is 16.1 Å². The van der Waals surface area contributed by atoms with Crippen molar-refractivity contribution < 1.29 is 4.74 Å². The molecule has 1 fully saturated rings. The predicted molar refractivity (Wildman–Crippen MR) is 76.0 cm³/mol. The second kappa shape index (κ2) is 6.13. The van der Waals surface area contributed by atoms with E-state index < -0.39 is 0 Å². The molecule has 0 aromatic carbocycles. The Bertz CT molecular complexity index is 368. The standard InChI is InChI=1S/C14H24N2OS/c1-4-14(5-2,17-6-3)13-16-12(10-18-13)11-8-7-9-15-11/h10-11,15H,4-9H2,1-3H3. The molecule has 1 atom stereocenters.